The second-order valence-corrected chi connectivity index (χ2v) is 5.08. The molecule has 1 saturated heterocycles. The Morgan fingerprint density at radius 1 is 1.20 bits per heavy atom. The van der Waals surface area contributed by atoms with E-state index in [1.807, 2.05) is 19.1 Å². The van der Waals surface area contributed by atoms with E-state index in [4.69, 9.17) is 0 Å². The number of hydrogen-bond donors (Lipinski definition) is 1. The summed E-state index contributed by atoms with van der Waals surface area (Å²) < 4.78 is 0. The number of hydrogen-bond acceptors (Lipinski definition) is 5. The third kappa shape index (κ3) is 1.72. The van der Waals surface area contributed by atoms with Gasteiger partial charge in [-0.2, -0.15) is 5.10 Å². The van der Waals surface area contributed by atoms with Gasteiger partial charge in [0.15, 0.2) is 5.65 Å². The molecule has 6 nitrogen and oxygen atoms in total. The Morgan fingerprint density at radius 3 is 2.95 bits per heavy atom. The van der Waals surface area contributed by atoms with Crippen LogP contribution in [0.1, 0.15) is 17.4 Å². The molecule has 0 atom stereocenters. The Kier molecular flexibility index (Phi) is 2.42. The topological polar surface area (TPSA) is 70.6 Å². The van der Waals surface area contributed by atoms with Crippen LogP contribution in [0.3, 0.4) is 0 Å². The fraction of sp³-hybridized carbons (Fsp3) is 0.286. The smallest absolute Gasteiger partial charge is 0.181 e. The van der Waals surface area contributed by atoms with Gasteiger partial charge in [0.1, 0.15) is 11.6 Å². The molecule has 1 aliphatic heterocycles. The van der Waals surface area contributed by atoms with Crippen LogP contribution in [0, 0.1) is 6.92 Å². The quantitative estimate of drug-likeness (QED) is 0.764. The van der Waals surface area contributed by atoms with E-state index in [2.05, 4.69) is 36.1 Å². The van der Waals surface area contributed by atoms with Gasteiger partial charge in [0.05, 0.1) is 5.69 Å². The van der Waals surface area contributed by atoms with E-state index in [0.29, 0.717) is 5.92 Å². The summed E-state index contributed by atoms with van der Waals surface area (Å²) in [6.07, 6.45) is 3.57. The second kappa shape index (κ2) is 4.26. The van der Waals surface area contributed by atoms with Gasteiger partial charge in [-0.25, -0.2) is 15.0 Å². The minimum Gasteiger partial charge on any atom is -0.355 e. The van der Waals surface area contributed by atoms with Gasteiger partial charge in [0, 0.05) is 36.8 Å². The van der Waals surface area contributed by atoms with Crippen molar-refractivity contribution in [2.75, 3.05) is 18.0 Å². The summed E-state index contributed by atoms with van der Waals surface area (Å²) in [6, 6.07) is 5.97. The normalized spacial score (nSPS) is 15.6. The van der Waals surface area contributed by atoms with E-state index in [1.165, 1.54) is 5.69 Å². The van der Waals surface area contributed by atoms with Gasteiger partial charge in [-0.05, 0) is 25.1 Å². The molecule has 4 heterocycles. The molecule has 100 valence electrons. The predicted molar refractivity (Wildman–Crippen MR) is 75.6 cm³/mol. The van der Waals surface area contributed by atoms with Gasteiger partial charge in [0.25, 0.3) is 0 Å². The molecule has 6 heteroatoms. The van der Waals surface area contributed by atoms with Crippen LogP contribution in [-0.4, -0.2) is 38.2 Å². The molecule has 0 unspecified atom stereocenters. The third-order valence-corrected chi connectivity index (χ3v) is 3.73. The van der Waals surface area contributed by atoms with Gasteiger partial charge in [-0.1, -0.05) is 0 Å². The highest BCUT2D eigenvalue weighted by molar-refractivity contribution is 5.78. The zero-order valence-electron chi connectivity index (χ0n) is 11.1. The van der Waals surface area contributed by atoms with Gasteiger partial charge in [-0.15, -0.1) is 0 Å². The number of fused-ring (bicyclic) bond motifs is 1. The average Bonchev–Trinajstić information content (AvgIpc) is 2.82. The van der Waals surface area contributed by atoms with Crippen LogP contribution in [0.15, 0.2) is 30.6 Å². The number of pyridine rings is 1. The molecule has 20 heavy (non-hydrogen) atoms. The van der Waals surface area contributed by atoms with Crippen molar-refractivity contribution in [3.63, 3.8) is 0 Å². The first-order valence-electron chi connectivity index (χ1n) is 6.65. The van der Waals surface area contributed by atoms with Gasteiger partial charge in [0.2, 0.25) is 0 Å². The van der Waals surface area contributed by atoms with Crippen LogP contribution >= 0.6 is 0 Å². The summed E-state index contributed by atoms with van der Waals surface area (Å²) in [5.74, 6) is 2.26. The molecule has 3 aromatic heterocycles. The van der Waals surface area contributed by atoms with Crippen LogP contribution in [0.5, 0.6) is 0 Å². The maximum Gasteiger partial charge on any atom is 0.181 e. The molecule has 1 aliphatic rings. The number of H-pyrrole nitrogens is 1. The molecular formula is C14H14N6. The lowest BCUT2D eigenvalue weighted by Gasteiger charge is -2.39. The zero-order valence-corrected chi connectivity index (χ0v) is 11.1. The van der Waals surface area contributed by atoms with Gasteiger partial charge < -0.3 is 4.90 Å². The Labute approximate surface area is 115 Å². The highest BCUT2D eigenvalue weighted by Gasteiger charge is 2.31. The molecule has 1 N–H and O–H groups in total. The summed E-state index contributed by atoms with van der Waals surface area (Å²) in [5.41, 5.74) is 1.97. The van der Waals surface area contributed by atoms with E-state index < -0.39 is 0 Å². The van der Waals surface area contributed by atoms with E-state index in [-0.39, 0.29) is 0 Å². The van der Waals surface area contributed by atoms with Crippen molar-refractivity contribution in [2.24, 2.45) is 0 Å². The van der Waals surface area contributed by atoms with Crippen molar-refractivity contribution in [1.82, 2.24) is 25.1 Å². The van der Waals surface area contributed by atoms with E-state index in [0.717, 1.165) is 35.8 Å². The molecule has 0 aliphatic carbocycles. The average molecular weight is 266 g/mol. The summed E-state index contributed by atoms with van der Waals surface area (Å²) in [6.45, 7) is 3.81. The lowest BCUT2D eigenvalue weighted by atomic mass is 9.94. The molecule has 0 aromatic carbocycles. The molecular weight excluding hydrogens is 252 g/mol. The van der Waals surface area contributed by atoms with Crippen molar-refractivity contribution in [3.8, 4) is 0 Å². The first-order chi connectivity index (χ1) is 9.81. The summed E-state index contributed by atoms with van der Waals surface area (Å²) in [7, 11) is 0. The number of aromatic nitrogens is 5. The van der Waals surface area contributed by atoms with Crippen molar-refractivity contribution < 1.29 is 0 Å². The number of anilines is 1. The highest BCUT2D eigenvalue weighted by Crippen LogP contribution is 2.32. The van der Waals surface area contributed by atoms with Crippen LogP contribution in [0.25, 0.3) is 11.0 Å². The summed E-state index contributed by atoms with van der Waals surface area (Å²) in [5, 5.41) is 8.50. The first kappa shape index (κ1) is 11.3. The largest absolute Gasteiger partial charge is 0.355 e. The fourth-order valence-corrected chi connectivity index (χ4v) is 2.65. The Balaban J connectivity index is 1.56. The highest BCUT2D eigenvalue weighted by atomic mass is 15.3. The van der Waals surface area contributed by atoms with Crippen molar-refractivity contribution >= 4 is 16.9 Å². The molecule has 4 rings (SSSR count). The van der Waals surface area contributed by atoms with Crippen LogP contribution < -0.4 is 4.90 Å². The van der Waals surface area contributed by atoms with Crippen molar-refractivity contribution in [3.05, 3.63) is 42.1 Å². The number of nitrogens with one attached hydrogen (secondary N) is 1. The molecule has 3 aromatic rings. The number of nitrogens with zero attached hydrogens (tertiary/aromatic N) is 5. The molecule has 0 amide bonds. The number of aryl methyl sites for hydroxylation is 1. The van der Waals surface area contributed by atoms with Crippen LogP contribution in [0.2, 0.25) is 0 Å². The SMILES string of the molecule is Cc1nccc(N2CC(c3[nH]nc4ncccc34)C2)n1. The molecule has 0 radical (unpaired) electrons. The standard InChI is InChI=1S/C14H14N6/c1-9-15-6-4-12(17-9)20-7-10(8-20)13-11-3-2-5-16-14(11)19-18-13/h2-6,10H,7-8H2,1H3,(H,16,18,19). The summed E-state index contributed by atoms with van der Waals surface area (Å²) >= 11 is 0. The minimum absolute atomic E-state index is 0.458. The number of rotatable bonds is 2. The van der Waals surface area contributed by atoms with Crippen molar-refractivity contribution in [2.45, 2.75) is 12.8 Å². The first-order valence-corrected chi connectivity index (χ1v) is 6.65. The summed E-state index contributed by atoms with van der Waals surface area (Å²) in [4.78, 5) is 15.1. The Morgan fingerprint density at radius 2 is 2.10 bits per heavy atom. The Bertz CT molecular complexity index is 759. The van der Waals surface area contributed by atoms with E-state index >= 15 is 0 Å². The van der Waals surface area contributed by atoms with Crippen LogP contribution in [-0.2, 0) is 0 Å². The fourth-order valence-electron chi connectivity index (χ4n) is 2.65. The lowest BCUT2D eigenvalue weighted by molar-refractivity contribution is 0.510. The van der Waals surface area contributed by atoms with Gasteiger partial charge >= 0.3 is 0 Å². The molecule has 1 fully saturated rings. The number of aromatic amines is 1. The minimum atomic E-state index is 0.458. The monoisotopic (exact) mass is 266 g/mol. The Hall–Kier alpha value is -2.50. The molecule has 0 spiro atoms. The van der Waals surface area contributed by atoms with Gasteiger partial charge in [-0.3, -0.25) is 5.10 Å². The molecule has 0 bridgehead atoms. The van der Waals surface area contributed by atoms with E-state index in [9.17, 15) is 0 Å². The predicted octanol–water partition coefficient (Wildman–Crippen LogP) is 1.66. The molecule has 0 saturated carbocycles. The third-order valence-electron chi connectivity index (χ3n) is 3.73. The maximum absolute atomic E-state index is 4.45. The maximum atomic E-state index is 4.45. The zero-order chi connectivity index (χ0) is 13.5. The van der Waals surface area contributed by atoms with Crippen LogP contribution in [0.4, 0.5) is 5.82 Å². The van der Waals surface area contributed by atoms with E-state index in [1.54, 1.807) is 12.4 Å². The lowest BCUT2D eigenvalue weighted by Crippen LogP contribution is -2.45. The second-order valence-electron chi connectivity index (χ2n) is 5.08. The van der Waals surface area contributed by atoms with Crippen molar-refractivity contribution in [1.29, 1.82) is 0 Å².